The van der Waals surface area contributed by atoms with E-state index in [-0.39, 0.29) is 6.10 Å². The third kappa shape index (κ3) is 0.862. The van der Waals surface area contributed by atoms with E-state index in [4.69, 9.17) is 0 Å². The molecule has 0 amide bonds. The number of aromatic nitrogens is 1. The van der Waals surface area contributed by atoms with Gasteiger partial charge in [-0.15, -0.1) is 0 Å². The van der Waals surface area contributed by atoms with Crippen molar-refractivity contribution < 1.29 is 5.11 Å². The summed E-state index contributed by atoms with van der Waals surface area (Å²) < 4.78 is 0. The molecule has 1 heterocycles. The fourth-order valence-electron chi connectivity index (χ4n) is 1.72. The molecule has 0 bridgehead atoms. The average Bonchev–Trinajstić information content (AvgIpc) is 1.83. The molecule has 2 nitrogen and oxygen atoms in total. The van der Waals surface area contributed by atoms with Crippen molar-refractivity contribution in [3.8, 4) is 0 Å². The number of fused-ring (bicyclic) bond motifs is 1. The van der Waals surface area contributed by atoms with E-state index >= 15 is 0 Å². The number of aryl methyl sites for hydroxylation is 2. The van der Waals surface area contributed by atoms with Crippen LogP contribution >= 0.6 is 0 Å². The molecule has 1 aliphatic rings. The highest BCUT2D eigenvalue weighted by Gasteiger charge is 2.26. The first-order valence-electron chi connectivity index (χ1n) is 3.83. The van der Waals surface area contributed by atoms with Crippen LogP contribution in [0.5, 0.6) is 0 Å². The van der Waals surface area contributed by atoms with Crippen LogP contribution in [0.2, 0.25) is 0 Å². The molecule has 0 saturated heterocycles. The second-order valence-electron chi connectivity index (χ2n) is 3.14. The highest BCUT2D eigenvalue weighted by molar-refractivity contribution is 5.41. The van der Waals surface area contributed by atoms with E-state index in [1.54, 1.807) is 0 Å². The summed E-state index contributed by atoms with van der Waals surface area (Å²) in [4.78, 5) is 4.28. The molecule has 1 atom stereocenters. The molecule has 0 saturated carbocycles. The Morgan fingerprint density at radius 2 is 2.27 bits per heavy atom. The first-order valence-corrected chi connectivity index (χ1v) is 3.83. The Bertz CT molecular complexity index is 289. The smallest absolute Gasteiger partial charge is 0.0850 e. The summed E-state index contributed by atoms with van der Waals surface area (Å²) in [6.07, 6.45) is 0.553. The lowest BCUT2D eigenvalue weighted by atomic mass is 9.84. The Hall–Kier alpha value is -0.890. The van der Waals surface area contributed by atoms with Crippen molar-refractivity contribution in [3.63, 3.8) is 0 Å². The Morgan fingerprint density at radius 1 is 1.55 bits per heavy atom. The van der Waals surface area contributed by atoms with E-state index in [1.165, 1.54) is 5.56 Å². The van der Waals surface area contributed by atoms with Gasteiger partial charge in [0.15, 0.2) is 0 Å². The molecule has 1 N–H and O–H groups in total. The molecule has 2 heteroatoms. The summed E-state index contributed by atoms with van der Waals surface area (Å²) in [6, 6.07) is 2.05. The van der Waals surface area contributed by atoms with Crippen LogP contribution in [0.3, 0.4) is 0 Å². The Labute approximate surface area is 65.9 Å². The largest absolute Gasteiger partial charge is 0.388 e. The van der Waals surface area contributed by atoms with Crippen LogP contribution in [-0.2, 0) is 6.42 Å². The van der Waals surface area contributed by atoms with Crippen LogP contribution in [0, 0.1) is 13.8 Å². The normalized spacial score (nSPS) is 20.8. The molecule has 0 radical (unpaired) electrons. The first-order chi connectivity index (χ1) is 5.18. The maximum atomic E-state index is 9.33. The van der Waals surface area contributed by atoms with Gasteiger partial charge in [0.1, 0.15) is 0 Å². The minimum absolute atomic E-state index is 0.252. The van der Waals surface area contributed by atoms with Gasteiger partial charge in [0.25, 0.3) is 0 Å². The van der Waals surface area contributed by atoms with Crippen molar-refractivity contribution in [1.29, 1.82) is 0 Å². The second kappa shape index (κ2) is 2.05. The van der Waals surface area contributed by atoms with Gasteiger partial charge >= 0.3 is 0 Å². The molecule has 58 valence electrons. The van der Waals surface area contributed by atoms with Gasteiger partial charge in [0.2, 0.25) is 0 Å². The van der Waals surface area contributed by atoms with E-state index < -0.39 is 0 Å². The molecule has 1 aromatic heterocycles. The maximum absolute atomic E-state index is 9.33. The van der Waals surface area contributed by atoms with Gasteiger partial charge in [-0.2, -0.15) is 0 Å². The number of nitrogens with zero attached hydrogens (tertiary/aromatic N) is 1. The summed E-state index contributed by atoms with van der Waals surface area (Å²) in [6.45, 7) is 3.94. The molecule has 2 rings (SSSR count). The molecule has 0 aliphatic heterocycles. The third-order valence-corrected chi connectivity index (χ3v) is 2.21. The zero-order chi connectivity index (χ0) is 8.01. The van der Waals surface area contributed by atoms with Gasteiger partial charge in [-0.1, -0.05) is 0 Å². The number of aliphatic hydroxyl groups is 1. The van der Waals surface area contributed by atoms with E-state index in [0.29, 0.717) is 0 Å². The van der Waals surface area contributed by atoms with Gasteiger partial charge < -0.3 is 5.11 Å². The molecule has 11 heavy (non-hydrogen) atoms. The standard InChI is InChI=1S/C9H11NO/c1-5-3-7-4-8(11)9(7)6(2)10-5/h3,8,11H,4H2,1-2H3. The number of aliphatic hydroxyl groups excluding tert-OH is 1. The molecule has 0 spiro atoms. The van der Waals surface area contributed by atoms with E-state index in [2.05, 4.69) is 11.1 Å². The van der Waals surface area contributed by atoms with Gasteiger partial charge in [-0.05, 0) is 25.5 Å². The lowest BCUT2D eigenvalue weighted by Crippen LogP contribution is -2.19. The quantitative estimate of drug-likeness (QED) is 0.603. The van der Waals surface area contributed by atoms with Gasteiger partial charge in [0, 0.05) is 23.4 Å². The summed E-state index contributed by atoms with van der Waals surface area (Å²) in [7, 11) is 0. The number of pyridine rings is 1. The van der Waals surface area contributed by atoms with Crippen LogP contribution in [-0.4, -0.2) is 10.1 Å². The minimum atomic E-state index is -0.252. The highest BCUT2D eigenvalue weighted by atomic mass is 16.3. The molecule has 0 fully saturated rings. The van der Waals surface area contributed by atoms with Crippen molar-refractivity contribution in [2.24, 2.45) is 0 Å². The summed E-state index contributed by atoms with van der Waals surface area (Å²) >= 11 is 0. The number of rotatable bonds is 0. The van der Waals surface area contributed by atoms with Gasteiger partial charge in [-0.3, -0.25) is 4.98 Å². The van der Waals surface area contributed by atoms with E-state index in [0.717, 1.165) is 23.4 Å². The Balaban J connectivity index is 2.58. The second-order valence-corrected chi connectivity index (χ2v) is 3.14. The van der Waals surface area contributed by atoms with Crippen LogP contribution in [0.25, 0.3) is 0 Å². The van der Waals surface area contributed by atoms with Crippen molar-refractivity contribution in [1.82, 2.24) is 4.98 Å². The van der Waals surface area contributed by atoms with Crippen LogP contribution in [0.4, 0.5) is 0 Å². The predicted molar refractivity (Wildman–Crippen MR) is 42.4 cm³/mol. The monoisotopic (exact) mass is 149 g/mol. The van der Waals surface area contributed by atoms with Crippen LogP contribution in [0.15, 0.2) is 6.07 Å². The van der Waals surface area contributed by atoms with Crippen LogP contribution < -0.4 is 0 Å². The molecular formula is C9H11NO. The zero-order valence-corrected chi connectivity index (χ0v) is 6.76. The van der Waals surface area contributed by atoms with Crippen molar-refractivity contribution in [3.05, 3.63) is 28.6 Å². The lowest BCUT2D eigenvalue weighted by Gasteiger charge is -2.27. The molecule has 1 aromatic rings. The zero-order valence-electron chi connectivity index (χ0n) is 6.76. The number of hydrogen-bond donors (Lipinski definition) is 1. The number of hydrogen-bond acceptors (Lipinski definition) is 2. The van der Waals surface area contributed by atoms with Gasteiger partial charge in [-0.25, -0.2) is 0 Å². The fraction of sp³-hybridized carbons (Fsp3) is 0.444. The Kier molecular flexibility index (Phi) is 1.26. The topological polar surface area (TPSA) is 33.1 Å². The average molecular weight is 149 g/mol. The summed E-state index contributed by atoms with van der Waals surface area (Å²) in [5.74, 6) is 0. The Morgan fingerprint density at radius 3 is 2.82 bits per heavy atom. The third-order valence-electron chi connectivity index (χ3n) is 2.21. The van der Waals surface area contributed by atoms with E-state index in [9.17, 15) is 5.11 Å². The molecule has 1 unspecified atom stereocenters. The van der Waals surface area contributed by atoms with Crippen LogP contribution in [0.1, 0.15) is 28.6 Å². The van der Waals surface area contributed by atoms with Crippen molar-refractivity contribution in [2.45, 2.75) is 26.4 Å². The first kappa shape index (κ1) is 6.80. The van der Waals surface area contributed by atoms with Crippen molar-refractivity contribution >= 4 is 0 Å². The fourth-order valence-corrected chi connectivity index (χ4v) is 1.72. The maximum Gasteiger partial charge on any atom is 0.0850 e. The summed E-state index contributed by atoms with van der Waals surface area (Å²) in [5, 5.41) is 9.33. The van der Waals surface area contributed by atoms with E-state index in [1.807, 2.05) is 13.8 Å². The highest BCUT2D eigenvalue weighted by Crippen LogP contribution is 2.34. The van der Waals surface area contributed by atoms with Gasteiger partial charge in [0.05, 0.1) is 6.10 Å². The minimum Gasteiger partial charge on any atom is -0.388 e. The molecule has 1 aliphatic carbocycles. The molecular weight excluding hydrogens is 138 g/mol. The van der Waals surface area contributed by atoms with Crippen molar-refractivity contribution in [2.75, 3.05) is 0 Å². The summed E-state index contributed by atoms with van der Waals surface area (Å²) in [5.41, 5.74) is 4.35. The lowest BCUT2D eigenvalue weighted by molar-refractivity contribution is 0.152. The molecule has 0 aromatic carbocycles. The predicted octanol–water partition coefficient (Wildman–Crippen LogP) is 1.29. The SMILES string of the molecule is Cc1cc2c(c(C)n1)C(O)C2.